The van der Waals surface area contributed by atoms with Gasteiger partial charge in [0.2, 0.25) is 5.91 Å². The predicted octanol–water partition coefficient (Wildman–Crippen LogP) is 3.19. The third kappa shape index (κ3) is 4.75. The van der Waals surface area contributed by atoms with E-state index in [4.69, 9.17) is 4.42 Å². The van der Waals surface area contributed by atoms with Crippen LogP contribution in [0.5, 0.6) is 0 Å². The molecule has 2 fully saturated rings. The van der Waals surface area contributed by atoms with Crippen LogP contribution >= 0.6 is 0 Å². The number of nitrogens with zero attached hydrogens (tertiary/aromatic N) is 2. The molecule has 1 aromatic rings. The number of carbonyl (C=O) groups excluding carboxylic acids is 2. The first-order chi connectivity index (χ1) is 13.5. The molecule has 0 unspecified atom stereocenters. The molecule has 7 heteroatoms. The number of aromatic carboxylic acids is 1. The molecule has 1 aliphatic carbocycles. The Balaban J connectivity index is 1.49. The van der Waals surface area contributed by atoms with Crippen LogP contribution in [0.3, 0.4) is 0 Å². The molecule has 0 radical (unpaired) electrons. The first kappa shape index (κ1) is 20.4. The van der Waals surface area contributed by atoms with Gasteiger partial charge in [0.1, 0.15) is 11.3 Å². The molecule has 1 N–H and O–H groups in total. The Hall–Kier alpha value is -2.31. The number of piperazine rings is 1. The molecule has 0 aromatic carbocycles. The van der Waals surface area contributed by atoms with E-state index in [9.17, 15) is 19.5 Å². The van der Waals surface area contributed by atoms with Gasteiger partial charge in [0.05, 0.1) is 0 Å². The van der Waals surface area contributed by atoms with Crippen LogP contribution in [0.25, 0.3) is 0 Å². The molecular formula is C21H30N2O5. The highest BCUT2D eigenvalue weighted by molar-refractivity contribution is 5.96. The normalized spacial score (nSPS) is 18.3. The summed E-state index contributed by atoms with van der Waals surface area (Å²) in [6, 6.07) is 1.31. The van der Waals surface area contributed by atoms with E-state index in [1.165, 1.54) is 38.2 Å². The zero-order chi connectivity index (χ0) is 20.1. The van der Waals surface area contributed by atoms with Crippen molar-refractivity contribution in [1.82, 2.24) is 9.80 Å². The van der Waals surface area contributed by atoms with E-state index >= 15 is 0 Å². The maximum absolute atomic E-state index is 12.6. The number of hydrogen-bond donors (Lipinski definition) is 1. The molecule has 0 atom stereocenters. The molecule has 1 saturated heterocycles. The molecule has 2 amide bonds. The van der Waals surface area contributed by atoms with Gasteiger partial charge in [0.25, 0.3) is 5.91 Å². The average molecular weight is 390 g/mol. The van der Waals surface area contributed by atoms with Crippen molar-refractivity contribution in [3.8, 4) is 0 Å². The van der Waals surface area contributed by atoms with Crippen LogP contribution in [-0.4, -0.2) is 58.9 Å². The van der Waals surface area contributed by atoms with Crippen LogP contribution in [0.2, 0.25) is 0 Å². The van der Waals surface area contributed by atoms with Crippen molar-refractivity contribution in [2.24, 2.45) is 5.92 Å². The number of rotatable bonds is 6. The minimum absolute atomic E-state index is 0.0439. The minimum Gasteiger partial charge on any atom is -0.478 e. The van der Waals surface area contributed by atoms with Gasteiger partial charge in [-0.05, 0) is 12.3 Å². The smallest absolute Gasteiger partial charge is 0.339 e. The van der Waals surface area contributed by atoms with Gasteiger partial charge < -0.3 is 19.3 Å². The molecule has 2 aliphatic rings. The molecule has 1 aromatic heterocycles. The zero-order valence-corrected chi connectivity index (χ0v) is 16.6. The summed E-state index contributed by atoms with van der Waals surface area (Å²) in [5.41, 5.74) is 0.0439. The van der Waals surface area contributed by atoms with Gasteiger partial charge in [-0.1, -0.05) is 39.0 Å². The molecule has 28 heavy (non-hydrogen) atoms. The second kappa shape index (κ2) is 9.26. The Bertz CT molecular complexity index is 712. The zero-order valence-electron chi connectivity index (χ0n) is 16.6. The minimum atomic E-state index is -1.09. The Labute approximate surface area is 165 Å². The molecule has 154 valence electrons. The topological polar surface area (TPSA) is 91.1 Å². The number of carbonyl (C=O) groups is 3. The van der Waals surface area contributed by atoms with Crippen molar-refractivity contribution in [1.29, 1.82) is 0 Å². The van der Waals surface area contributed by atoms with E-state index in [1.807, 2.05) is 4.90 Å². The predicted molar refractivity (Wildman–Crippen MR) is 103 cm³/mol. The van der Waals surface area contributed by atoms with Crippen molar-refractivity contribution < 1.29 is 23.9 Å². The summed E-state index contributed by atoms with van der Waals surface area (Å²) in [5.74, 6) is -0.156. The third-order valence-corrected chi connectivity index (χ3v) is 5.98. The van der Waals surface area contributed by atoms with Crippen molar-refractivity contribution in [3.63, 3.8) is 0 Å². The maximum Gasteiger partial charge on any atom is 0.339 e. The largest absolute Gasteiger partial charge is 0.478 e. The summed E-state index contributed by atoms with van der Waals surface area (Å²) >= 11 is 0. The van der Waals surface area contributed by atoms with Gasteiger partial charge in [-0.25, -0.2) is 4.79 Å². The maximum atomic E-state index is 12.6. The Morgan fingerprint density at radius 1 is 1.07 bits per heavy atom. The summed E-state index contributed by atoms with van der Waals surface area (Å²) < 4.78 is 5.47. The van der Waals surface area contributed by atoms with Gasteiger partial charge in [-0.2, -0.15) is 0 Å². The third-order valence-electron chi connectivity index (χ3n) is 5.98. The van der Waals surface area contributed by atoms with Crippen molar-refractivity contribution in [2.75, 3.05) is 26.2 Å². The second-order valence-corrected chi connectivity index (χ2v) is 7.82. The summed E-state index contributed by atoms with van der Waals surface area (Å²) in [6.07, 6.45) is 8.38. The number of aryl methyl sites for hydroxylation is 1. The Morgan fingerprint density at radius 2 is 1.71 bits per heavy atom. The average Bonchev–Trinajstić information content (AvgIpc) is 3.17. The van der Waals surface area contributed by atoms with Crippen molar-refractivity contribution >= 4 is 17.8 Å². The highest BCUT2D eigenvalue weighted by Gasteiger charge is 2.28. The van der Waals surface area contributed by atoms with Crippen LogP contribution in [0.15, 0.2) is 10.5 Å². The fraction of sp³-hybridized carbons (Fsp3) is 0.667. The fourth-order valence-corrected chi connectivity index (χ4v) is 4.25. The van der Waals surface area contributed by atoms with Crippen LogP contribution in [-0.2, 0) is 11.2 Å². The first-order valence-electron chi connectivity index (χ1n) is 10.4. The number of furan rings is 1. The van der Waals surface area contributed by atoms with Crippen LogP contribution in [0.1, 0.15) is 78.5 Å². The number of carboxylic acids is 1. The highest BCUT2D eigenvalue weighted by Crippen LogP contribution is 2.27. The van der Waals surface area contributed by atoms with E-state index in [0.29, 0.717) is 50.7 Å². The molecule has 1 saturated carbocycles. The fourth-order valence-electron chi connectivity index (χ4n) is 4.25. The van der Waals surface area contributed by atoms with E-state index in [0.717, 1.165) is 6.42 Å². The van der Waals surface area contributed by atoms with E-state index in [1.54, 1.807) is 11.8 Å². The van der Waals surface area contributed by atoms with Gasteiger partial charge in [0, 0.05) is 45.1 Å². The Morgan fingerprint density at radius 3 is 2.29 bits per heavy atom. The van der Waals surface area contributed by atoms with E-state index < -0.39 is 5.97 Å². The Kier molecular flexibility index (Phi) is 6.75. The lowest BCUT2D eigenvalue weighted by Crippen LogP contribution is -2.50. The molecule has 1 aliphatic heterocycles. The van der Waals surface area contributed by atoms with Crippen LogP contribution in [0.4, 0.5) is 0 Å². The molecular weight excluding hydrogens is 360 g/mol. The second-order valence-electron chi connectivity index (χ2n) is 7.82. The molecule has 0 spiro atoms. The monoisotopic (exact) mass is 390 g/mol. The van der Waals surface area contributed by atoms with Crippen molar-refractivity contribution in [3.05, 3.63) is 23.2 Å². The quantitative estimate of drug-likeness (QED) is 0.805. The van der Waals surface area contributed by atoms with E-state index in [-0.39, 0.29) is 23.1 Å². The number of carboxylic acid groups (broad SMARTS) is 1. The molecule has 7 nitrogen and oxygen atoms in total. The summed E-state index contributed by atoms with van der Waals surface area (Å²) in [4.78, 5) is 39.9. The molecule has 2 heterocycles. The SMILES string of the molecule is CCc1oc(C(=O)N2CCN(C(=O)CCC3CCCCC3)CC2)cc1C(=O)O. The standard InChI is InChI=1S/C21H30N2O5/c1-2-17-16(21(26)27)14-18(28-17)20(25)23-12-10-22(11-13-23)19(24)9-8-15-6-4-3-5-7-15/h14-15H,2-13H2,1H3,(H,26,27). The van der Waals surface area contributed by atoms with Gasteiger partial charge in [0.15, 0.2) is 5.76 Å². The summed E-state index contributed by atoms with van der Waals surface area (Å²) in [5, 5.41) is 9.21. The van der Waals surface area contributed by atoms with Crippen LogP contribution < -0.4 is 0 Å². The van der Waals surface area contributed by atoms with Gasteiger partial charge in [-0.3, -0.25) is 9.59 Å². The van der Waals surface area contributed by atoms with Crippen LogP contribution in [0, 0.1) is 5.92 Å². The summed E-state index contributed by atoms with van der Waals surface area (Å²) in [6.45, 7) is 3.71. The lowest BCUT2D eigenvalue weighted by atomic mass is 9.86. The number of hydrogen-bond acceptors (Lipinski definition) is 4. The molecule has 0 bridgehead atoms. The lowest BCUT2D eigenvalue weighted by Gasteiger charge is -2.34. The number of amides is 2. The van der Waals surface area contributed by atoms with Gasteiger partial charge >= 0.3 is 5.97 Å². The highest BCUT2D eigenvalue weighted by atomic mass is 16.4. The summed E-state index contributed by atoms with van der Waals surface area (Å²) in [7, 11) is 0. The van der Waals surface area contributed by atoms with Gasteiger partial charge in [-0.15, -0.1) is 0 Å². The molecule has 3 rings (SSSR count). The van der Waals surface area contributed by atoms with Crippen molar-refractivity contribution in [2.45, 2.75) is 58.3 Å². The van der Waals surface area contributed by atoms with E-state index in [2.05, 4.69) is 0 Å². The first-order valence-corrected chi connectivity index (χ1v) is 10.4. The lowest BCUT2D eigenvalue weighted by molar-refractivity contribution is -0.133.